The van der Waals surface area contributed by atoms with Crippen molar-refractivity contribution >= 4 is 34.3 Å². The number of aromatic nitrogens is 1. The minimum atomic E-state index is -0.239. The minimum absolute atomic E-state index is 0.239. The zero-order chi connectivity index (χ0) is 16.4. The molecule has 2 aromatic rings. The molecule has 1 aromatic carbocycles. The second kappa shape index (κ2) is 6.46. The van der Waals surface area contributed by atoms with Crippen LogP contribution in [0.4, 0.5) is 10.2 Å². The van der Waals surface area contributed by atoms with Crippen LogP contribution in [0.1, 0.15) is 31.4 Å². The number of nitrogens with one attached hydrogen (secondary N) is 2. The van der Waals surface area contributed by atoms with E-state index in [-0.39, 0.29) is 5.82 Å². The topological polar surface area (TPSA) is 37.0 Å². The van der Waals surface area contributed by atoms with Crippen LogP contribution < -0.4 is 10.6 Å². The van der Waals surface area contributed by atoms with Crippen LogP contribution in [0.25, 0.3) is 11.3 Å². The molecule has 0 radical (unpaired) electrons. The molecule has 3 nitrogen and oxygen atoms in total. The lowest BCUT2D eigenvalue weighted by Crippen LogP contribution is -2.14. The first-order valence-corrected chi connectivity index (χ1v) is 7.95. The van der Waals surface area contributed by atoms with Gasteiger partial charge in [0, 0.05) is 24.2 Å². The van der Waals surface area contributed by atoms with E-state index in [0.717, 1.165) is 33.2 Å². The predicted octanol–water partition coefficient (Wildman–Crippen LogP) is 4.23. The SMILES string of the molecule is CC(C)Nc1cc(C2=C(c3ccc(F)cc3)CC(=S)N2)ccn1. The summed E-state index contributed by atoms with van der Waals surface area (Å²) in [4.78, 5) is 5.11. The Morgan fingerprint density at radius 2 is 1.91 bits per heavy atom. The van der Waals surface area contributed by atoms with E-state index in [9.17, 15) is 4.39 Å². The van der Waals surface area contributed by atoms with Crippen molar-refractivity contribution in [3.05, 3.63) is 59.5 Å². The van der Waals surface area contributed by atoms with Gasteiger partial charge in [-0.25, -0.2) is 9.37 Å². The van der Waals surface area contributed by atoms with E-state index in [4.69, 9.17) is 12.2 Å². The number of hydrogen-bond donors (Lipinski definition) is 2. The van der Waals surface area contributed by atoms with Gasteiger partial charge in [-0.3, -0.25) is 0 Å². The van der Waals surface area contributed by atoms with Crippen LogP contribution in [-0.4, -0.2) is 16.0 Å². The maximum absolute atomic E-state index is 13.2. The summed E-state index contributed by atoms with van der Waals surface area (Å²) < 4.78 is 13.2. The zero-order valence-electron chi connectivity index (χ0n) is 13.1. The van der Waals surface area contributed by atoms with Crippen LogP contribution in [0.5, 0.6) is 0 Å². The average Bonchev–Trinajstić information content (AvgIpc) is 2.89. The smallest absolute Gasteiger partial charge is 0.126 e. The number of anilines is 1. The molecule has 5 heteroatoms. The molecule has 0 saturated carbocycles. The Balaban J connectivity index is 2.02. The summed E-state index contributed by atoms with van der Waals surface area (Å²) in [7, 11) is 0. The Morgan fingerprint density at radius 3 is 2.61 bits per heavy atom. The fourth-order valence-corrected chi connectivity index (χ4v) is 2.86. The molecule has 0 saturated heterocycles. The fraction of sp³-hybridized carbons (Fsp3) is 0.222. The number of halogens is 1. The van der Waals surface area contributed by atoms with Crippen molar-refractivity contribution in [3.8, 4) is 0 Å². The first-order chi connectivity index (χ1) is 11.0. The Kier molecular flexibility index (Phi) is 4.39. The first kappa shape index (κ1) is 15.6. The lowest BCUT2D eigenvalue weighted by molar-refractivity contribution is 0.627. The van der Waals surface area contributed by atoms with E-state index < -0.39 is 0 Å². The highest BCUT2D eigenvalue weighted by Gasteiger charge is 2.21. The van der Waals surface area contributed by atoms with Crippen LogP contribution >= 0.6 is 12.2 Å². The number of thiocarbonyl (C=S) groups is 1. The summed E-state index contributed by atoms with van der Waals surface area (Å²) in [6.45, 7) is 4.14. The van der Waals surface area contributed by atoms with Crippen LogP contribution in [-0.2, 0) is 0 Å². The van der Waals surface area contributed by atoms with Crippen molar-refractivity contribution in [1.29, 1.82) is 0 Å². The number of rotatable bonds is 4. The third-order valence-corrected chi connectivity index (χ3v) is 3.83. The van der Waals surface area contributed by atoms with E-state index in [0.29, 0.717) is 12.5 Å². The quantitative estimate of drug-likeness (QED) is 0.824. The van der Waals surface area contributed by atoms with Crippen molar-refractivity contribution in [2.45, 2.75) is 26.3 Å². The van der Waals surface area contributed by atoms with E-state index in [2.05, 4.69) is 29.5 Å². The van der Waals surface area contributed by atoms with E-state index >= 15 is 0 Å². The standard InChI is InChI=1S/C18H18FN3S/c1-11(2)21-16-9-13(7-8-20-16)18-15(10-17(23)22-18)12-3-5-14(19)6-4-12/h3-9,11H,10H2,1-2H3,(H,20,21)(H,22,23). The van der Waals surface area contributed by atoms with E-state index in [1.54, 1.807) is 18.3 Å². The predicted molar refractivity (Wildman–Crippen MR) is 96.6 cm³/mol. The maximum atomic E-state index is 13.2. The van der Waals surface area contributed by atoms with Gasteiger partial charge in [-0.15, -0.1) is 0 Å². The van der Waals surface area contributed by atoms with Gasteiger partial charge in [0.05, 0.1) is 10.7 Å². The molecule has 0 unspecified atom stereocenters. The van der Waals surface area contributed by atoms with Gasteiger partial charge >= 0.3 is 0 Å². The lowest BCUT2D eigenvalue weighted by Gasteiger charge is -2.12. The Morgan fingerprint density at radius 1 is 1.17 bits per heavy atom. The lowest BCUT2D eigenvalue weighted by atomic mass is 10.00. The third kappa shape index (κ3) is 3.56. The van der Waals surface area contributed by atoms with Crippen LogP contribution in [0.3, 0.4) is 0 Å². The monoisotopic (exact) mass is 327 g/mol. The summed E-state index contributed by atoms with van der Waals surface area (Å²) in [5.74, 6) is 0.583. The zero-order valence-corrected chi connectivity index (χ0v) is 13.9. The molecule has 1 aliphatic rings. The van der Waals surface area contributed by atoms with Gasteiger partial charge in [-0.1, -0.05) is 24.4 Å². The third-order valence-electron chi connectivity index (χ3n) is 3.58. The molecule has 1 aromatic heterocycles. The highest BCUT2D eigenvalue weighted by Crippen LogP contribution is 2.33. The van der Waals surface area contributed by atoms with Crippen molar-refractivity contribution in [3.63, 3.8) is 0 Å². The largest absolute Gasteiger partial charge is 0.368 e. The highest BCUT2D eigenvalue weighted by molar-refractivity contribution is 7.80. The second-order valence-corrected chi connectivity index (χ2v) is 6.31. The molecular weight excluding hydrogens is 309 g/mol. The number of benzene rings is 1. The Bertz CT molecular complexity index is 766. The van der Waals surface area contributed by atoms with Crippen LogP contribution in [0, 0.1) is 5.82 Å². The van der Waals surface area contributed by atoms with Crippen LogP contribution in [0.15, 0.2) is 42.6 Å². The summed E-state index contributed by atoms with van der Waals surface area (Å²) in [6, 6.07) is 10.8. The van der Waals surface area contributed by atoms with E-state index in [1.165, 1.54) is 12.1 Å². The Labute approximate surface area is 140 Å². The molecule has 0 fully saturated rings. The molecule has 118 valence electrons. The Hall–Kier alpha value is -2.27. The molecule has 0 amide bonds. The van der Waals surface area contributed by atoms with E-state index in [1.807, 2.05) is 12.1 Å². The van der Waals surface area contributed by atoms with Gasteiger partial charge in [-0.2, -0.15) is 0 Å². The molecule has 0 spiro atoms. The van der Waals surface area contributed by atoms with Crippen molar-refractivity contribution in [2.75, 3.05) is 5.32 Å². The molecule has 2 N–H and O–H groups in total. The number of pyridine rings is 1. The van der Waals surface area contributed by atoms with Gasteiger partial charge < -0.3 is 10.6 Å². The molecule has 0 aliphatic carbocycles. The molecule has 1 aliphatic heterocycles. The van der Waals surface area contributed by atoms with Gasteiger partial charge in [0.25, 0.3) is 0 Å². The first-order valence-electron chi connectivity index (χ1n) is 7.55. The molecule has 23 heavy (non-hydrogen) atoms. The van der Waals surface area contributed by atoms with Crippen LogP contribution in [0.2, 0.25) is 0 Å². The molecule has 3 rings (SSSR count). The summed E-state index contributed by atoms with van der Waals surface area (Å²) in [5.41, 5.74) is 4.04. The molecule has 0 bridgehead atoms. The second-order valence-electron chi connectivity index (χ2n) is 5.81. The minimum Gasteiger partial charge on any atom is -0.368 e. The molecular formula is C18H18FN3S. The summed E-state index contributed by atoms with van der Waals surface area (Å²) in [6.07, 6.45) is 2.43. The van der Waals surface area contributed by atoms with Gasteiger partial charge in [-0.05, 0) is 49.2 Å². The van der Waals surface area contributed by atoms with Gasteiger partial charge in [0.15, 0.2) is 0 Å². The summed E-state index contributed by atoms with van der Waals surface area (Å²) >= 11 is 5.34. The fourth-order valence-electron chi connectivity index (χ4n) is 2.61. The van der Waals surface area contributed by atoms with Gasteiger partial charge in [0.2, 0.25) is 0 Å². The maximum Gasteiger partial charge on any atom is 0.126 e. The highest BCUT2D eigenvalue weighted by atomic mass is 32.1. The molecule has 2 heterocycles. The number of hydrogen-bond acceptors (Lipinski definition) is 3. The normalized spacial score (nSPS) is 14.3. The average molecular weight is 327 g/mol. The van der Waals surface area contributed by atoms with Crippen molar-refractivity contribution in [1.82, 2.24) is 10.3 Å². The molecule has 0 atom stereocenters. The number of nitrogens with zero attached hydrogens (tertiary/aromatic N) is 1. The van der Waals surface area contributed by atoms with Gasteiger partial charge in [0.1, 0.15) is 11.6 Å². The van der Waals surface area contributed by atoms with Crippen molar-refractivity contribution in [2.24, 2.45) is 0 Å². The summed E-state index contributed by atoms with van der Waals surface area (Å²) in [5, 5.41) is 6.57. The van der Waals surface area contributed by atoms with Crippen molar-refractivity contribution < 1.29 is 4.39 Å².